The summed E-state index contributed by atoms with van der Waals surface area (Å²) in [6.45, 7) is 4.11. The molecule has 0 bridgehead atoms. The minimum Gasteiger partial charge on any atom is -0.742 e. The molecule has 4 nitrogen and oxygen atoms in total. The van der Waals surface area contributed by atoms with Crippen molar-refractivity contribution in [3.05, 3.63) is 35.9 Å². The Morgan fingerprint density at radius 1 is 1.19 bits per heavy atom. The van der Waals surface area contributed by atoms with Crippen molar-refractivity contribution < 1.29 is 39.1 Å². The number of carbonyl (C=O) groups excluding carboxylic acids is 2. The molecule has 6 heteroatoms. The Hall–Kier alpha value is -0.750. The summed E-state index contributed by atoms with van der Waals surface area (Å²) in [5, 5.41) is 0.0830. The van der Waals surface area contributed by atoms with Crippen LogP contribution in [0.5, 0.6) is 0 Å². The van der Waals surface area contributed by atoms with E-state index in [1.54, 1.807) is 0 Å². The van der Waals surface area contributed by atoms with Crippen LogP contribution in [0.15, 0.2) is 35.3 Å². The van der Waals surface area contributed by atoms with Crippen molar-refractivity contribution in [3.8, 4) is 0 Å². The number of carbonyl (C=O) groups is 2. The molecule has 0 fully saturated rings. The maximum atomic E-state index is 12.7. The average Bonchev–Trinajstić information content (AvgIpc) is 2.45. The van der Waals surface area contributed by atoms with Crippen molar-refractivity contribution in [2.75, 3.05) is 6.54 Å². The molecule has 2 amide bonds. The minimum absolute atomic E-state index is 0. The van der Waals surface area contributed by atoms with E-state index < -0.39 is 11.3 Å². The van der Waals surface area contributed by atoms with Gasteiger partial charge in [0.25, 0.3) is 5.91 Å². The zero-order chi connectivity index (χ0) is 14.8. The molecule has 1 aliphatic heterocycles. The van der Waals surface area contributed by atoms with Gasteiger partial charge in [0.05, 0.1) is 0 Å². The molecule has 21 heavy (non-hydrogen) atoms. The van der Waals surface area contributed by atoms with Crippen molar-refractivity contribution in [3.63, 3.8) is 0 Å². The van der Waals surface area contributed by atoms with Gasteiger partial charge in [-0.1, -0.05) is 37.3 Å². The topological polar surface area (TPSA) is 49.7 Å². The molecule has 1 atom stereocenters. The predicted molar refractivity (Wildman–Crippen MR) is 80.1 cm³/mol. The fraction of sp³-hybridized carbons (Fsp3) is 0.400. The first kappa shape index (κ1) is 18.3. The van der Waals surface area contributed by atoms with Gasteiger partial charge in [0.1, 0.15) is 5.41 Å². The molecule has 0 aliphatic carbocycles. The molecular weight excluding hydrogens is 295 g/mol. The second-order valence-corrected chi connectivity index (χ2v) is 5.21. The fourth-order valence-electron chi connectivity index (χ4n) is 2.49. The largest absolute Gasteiger partial charge is 1.00 e. The Kier molecular flexibility index (Phi) is 6.53. The van der Waals surface area contributed by atoms with Crippen LogP contribution in [0.3, 0.4) is 0 Å². The van der Waals surface area contributed by atoms with E-state index >= 15 is 0 Å². The molecule has 0 N–H and O–H groups in total. The molecule has 1 unspecified atom stereocenters. The Morgan fingerprint density at radius 2 is 1.81 bits per heavy atom. The van der Waals surface area contributed by atoms with E-state index in [2.05, 4.69) is 4.99 Å². The average molecular weight is 312 g/mol. The van der Waals surface area contributed by atoms with Gasteiger partial charge < -0.3 is 17.5 Å². The summed E-state index contributed by atoms with van der Waals surface area (Å²) >= 11 is 5.01. The number of amides is 2. The third-order valence-electron chi connectivity index (χ3n) is 3.76. The van der Waals surface area contributed by atoms with E-state index in [4.69, 9.17) is 12.6 Å². The number of rotatable bonds is 4. The standard InChI is InChI=1S/C15H18N2O2S.Na/c1-3-15(10-11-8-6-5-7-9-11)12(18)16-14(20)17(4-2)13(15)19;/h5-9H,3-4,10H2,1-2H3,(H,16,18,20);/q;+1/p-1. The zero-order valence-electron chi connectivity index (χ0n) is 12.6. The van der Waals surface area contributed by atoms with Crippen LogP contribution in [0.1, 0.15) is 25.8 Å². The molecule has 1 aromatic rings. The number of hydrogen-bond acceptors (Lipinski definition) is 3. The summed E-state index contributed by atoms with van der Waals surface area (Å²) in [7, 11) is 0. The predicted octanol–water partition coefficient (Wildman–Crippen LogP) is -1.08. The zero-order valence-corrected chi connectivity index (χ0v) is 15.4. The number of nitrogens with zero attached hydrogens (tertiary/aromatic N) is 2. The van der Waals surface area contributed by atoms with Crippen molar-refractivity contribution in [1.82, 2.24) is 4.90 Å². The fourth-order valence-corrected chi connectivity index (χ4v) is 2.79. The van der Waals surface area contributed by atoms with Gasteiger partial charge in [-0.3, -0.25) is 9.59 Å². The number of amidine groups is 1. The van der Waals surface area contributed by atoms with Crippen LogP contribution in [0.4, 0.5) is 0 Å². The van der Waals surface area contributed by atoms with Crippen LogP contribution < -0.4 is 29.6 Å². The quantitative estimate of drug-likeness (QED) is 0.404. The molecule has 1 aliphatic rings. The van der Waals surface area contributed by atoms with Gasteiger partial charge in [0.15, 0.2) is 0 Å². The van der Waals surface area contributed by atoms with Gasteiger partial charge >= 0.3 is 29.6 Å². The smallest absolute Gasteiger partial charge is 0.742 e. The summed E-state index contributed by atoms with van der Waals surface area (Å²) < 4.78 is 0. The third kappa shape index (κ3) is 3.37. The van der Waals surface area contributed by atoms with Crippen LogP contribution in [-0.2, 0) is 28.6 Å². The molecular formula is C15H17N2NaO2S. The first-order chi connectivity index (χ1) is 9.55. The second-order valence-electron chi connectivity index (χ2n) is 4.85. The molecule has 0 radical (unpaired) electrons. The van der Waals surface area contributed by atoms with Gasteiger partial charge in [-0.05, 0) is 30.5 Å². The van der Waals surface area contributed by atoms with Crippen LogP contribution in [0.25, 0.3) is 0 Å². The Bertz CT molecular complexity index is 562. The summed E-state index contributed by atoms with van der Waals surface area (Å²) in [5.41, 5.74) is -0.158. The van der Waals surface area contributed by atoms with Crippen molar-refractivity contribution >= 4 is 29.6 Å². The molecule has 1 heterocycles. The van der Waals surface area contributed by atoms with E-state index in [-0.39, 0.29) is 40.6 Å². The van der Waals surface area contributed by atoms with E-state index in [9.17, 15) is 9.59 Å². The van der Waals surface area contributed by atoms with Crippen LogP contribution in [0, 0.1) is 5.41 Å². The van der Waals surface area contributed by atoms with E-state index in [1.165, 1.54) is 4.90 Å². The van der Waals surface area contributed by atoms with Gasteiger partial charge in [-0.15, -0.1) is 0 Å². The summed E-state index contributed by atoms with van der Waals surface area (Å²) in [5.74, 6) is -0.639. The Labute approximate surface area is 152 Å². The van der Waals surface area contributed by atoms with E-state index in [1.807, 2.05) is 44.2 Å². The first-order valence-electron chi connectivity index (χ1n) is 6.71. The van der Waals surface area contributed by atoms with Crippen LogP contribution >= 0.6 is 0 Å². The summed E-state index contributed by atoms with van der Waals surface area (Å²) in [4.78, 5) is 30.3. The molecule has 106 valence electrons. The van der Waals surface area contributed by atoms with Crippen LogP contribution in [0.2, 0.25) is 0 Å². The normalized spacial score (nSPS) is 21.8. The van der Waals surface area contributed by atoms with Crippen molar-refractivity contribution in [1.29, 1.82) is 0 Å². The molecule has 0 saturated carbocycles. The van der Waals surface area contributed by atoms with Gasteiger partial charge in [-0.25, -0.2) is 4.99 Å². The monoisotopic (exact) mass is 312 g/mol. The van der Waals surface area contributed by atoms with Crippen molar-refractivity contribution in [2.45, 2.75) is 26.7 Å². The first-order valence-corrected chi connectivity index (χ1v) is 7.12. The summed E-state index contributed by atoms with van der Waals surface area (Å²) in [6.07, 6.45) is 0.785. The molecule has 0 saturated heterocycles. The van der Waals surface area contributed by atoms with E-state index in [0.29, 0.717) is 19.4 Å². The number of hydrogen-bond donors (Lipinski definition) is 0. The molecule has 0 spiro atoms. The van der Waals surface area contributed by atoms with Crippen molar-refractivity contribution in [2.24, 2.45) is 10.4 Å². The molecule has 0 aromatic heterocycles. The maximum Gasteiger partial charge on any atom is 1.00 e. The Morgan fingerprint density at radius 3 is 2.33 bits per heavy atom. The van der Waals surface area contributed by atoms with Crippen LogP contribution in [-0.4, -0.2) is 28.4 Å². The third-order valence-corrected chi connectivity index (χ3v) is 4.07. The minimum atomic E-state index is -1.11. The molecule has 2 rings (SSSR count). The number of aliphatic imine (C=N–C) groups is 1. The van der Waals surface area contributed by atoms with E-state index in [0.717, 1.165) is 5.56 Å². The molecule has 1 aromatic carbocycles. The van der Waals surface area contributed by atoms with Gasteiger partial charge in [0.2, 0.25) is 5.91 Å². The maximum absolute atomic E-state index is 12.7. The van der Waals surface area contributed by atoms with Gasteiger partial charge in [-0.2, -0.15) is 0 Å². The van der Waals surface area contributed by atoms with Gasteiger partial charge in [0, 0.05) is 6.54 Å². The second kappa shape index (κ2) is 7.49. The Balaban J connectivity index is 0.00000220. The summed E-state index contributed by atoms with van der Waals surface area (Å²) in [6, 6.07) is 9.54. The number of benzene rings is 1. The SMILES string of the molecule is CCN1C(=O)C(CC)(Cc2ccccc2)C(=O)N=C1[S-].[Na+].